The number of nitrogen functional groups attached to an aromatic ring is 1. The summed E-state index contributed by atoms with van der Waals surface area (Å²) in [5.41, 5.74) is 9.18. The summed E-state index contributed by atoms with van der Waals surface area (Å²) in [5, 5.41) is 2.73. The molecular formula is C18H18F3N3O2. The summed E-state index contributed by atoms with van der Waals surface area (Å²) >= 11 is 0. The molecule has 0 spiro atoms. The van der Waals surface area contributed by atoms with Gasteiger partial charge in [0.25, 0.3) is 5.91 Å². The van der Waals surface area contributed by atoms with Crippen molar-refractivity contribution in [2.24, 2.45) is 4.99 Å². The van der Waals surface area contributed by atoms with Crippen LogP contribution in [-0.2, 0) is 6.54 Å². The van der Waals surface area contributed by atoms with E-state index < -0.39 is 12.3 Å². The van der Waals surface area contributed by atoms with Gasteiger partial charge in [0.15, 0.2) is 0 Å². The van der Waals surface area contributed by atoms with E-state index in [2.05, 4.69) is 15.0 Å². The fourth-order valence-corrected chi connectivity index (χ4v) is 2.39. The van der Waals surface area contributed by atoms with Gasteiger partial charge in [-0.2, -0.15) is 0 Å². The molecule has 0 heterocycles. The Bertz CT molecular complexity index is 816. The van der Waals surface area contributed by atoms with Crippen LogP contribution in [-0.4, -0.2) is 25.5 Å². The Labute approximate surface area is 148 Å². The molecule has 0 saturated carbocycles. The van der Waals surface area contributed by atoms with Crippen LogP contribution in [0.4, 0.5) is 18.9 Å². The molecule has 0 aliphatic carbocycles. The molecule has 26 heavy (non-hydrogen) atoms. The van der Waals surface area contributed by atoms with E-state index in [0.29, 0.717) is 5.69 Å². The van der Waals surface area contributed by atoms with E-state index in [1.165, 1.54) is 12.1 Å². The number of nitrogens with zero attached hydrogens (tertiary/aromatic N) is 1. The number of alkyl halides is 3. The van der Waals surface area contributed by atoms with Crippen LogP contribution >= 0.6 is 0 Å². The number of hydrogen-bond acceptors (Lipinski definition) is 4. The van der Waals surface area contributed by atoms with Gasteiger partial charge in [0.1, 0.15) is 5.75 Å². The minimum atomic E-state index is -4.77. The van der Waals surface area contributed by atoms with E-state index in [4.69, 9.17) is 5.73 Å². The highest BCUT2D eigenvalue weighted by Crippen LogP contribution is 2.23. The zero-order chi connectivity index (χ0) is 19.3. The van der Waals surface area contributed by atoms with Crippen LogP contribution in [0.3, 0.4) is 0 Å². The van der Waals surface area contributed by atoms with Gasteiger partial charge in [0.2, 0.25) is 0 Å². The number of aliphatic imine (C=N–C) groups is 1. The van der Waals surface area contributed by atoms with Gasteiger partial charge in [-0.25, -0.2) is 0 Å². The monoisotopic (exact) mass is 365 g/mol. The summed E-state index contributed by atoms with van der Waals surface area (Å²) in [6, 6.07) is 8.30. The first-order valence-corrected chi connectivity index (χ1v) is 7.65. The number of aryl methyl sites for hydroxylation is 1. The van der Waals surface area contributed by atoms with E-state index >= 15 is 0 Å². The molecule has 1 amide bonds. The summed E-state index contributed by atoms with van der Waals surface area (Å²) in [5.74, 6) is -0.813. The van der Waals surface area contributed by atoms with E-state index in [0.717, 1.165) is 28.8 Å². The molecule has 2 rings (SSSR count). The molecule has 0 saturated heterocycles. The lowest BCUT2D eigenvalue weighted by Gasteiger charge is -2.13. The van der Waals surface area contributed by atoms with E-state index in [1.807, 2.05) is 13.0 Å². The van der Waals surface area contributed by atoms with Crippen molar-refractivity contribution in [3.8, 4) is 5.75 Å². The normalized spacial score (nSPS) is 11.6. The minimum absolute atomic E-state index is 0.206. The van der Waals surface area contributed by atoms with Crippen molar-refractivity contribution in [3.63, 3.8) is 0 Å². The molecule has 2 aromatic carbocycles. The van der Waals surface area contributed by atoms with Crippen LogP contribution < -0.4 is 15.8 Å². The van der Waals surface area contributed by atoms with Crippen LogP contribution in [0, 0.1) is 6.92 Å². The number of rotatable bonds is 5. The Kier molecular flexibility index (Phi) is 5.86. The highest BCUT2D eigenvalue weighted by atomic mass is 19.4. The second-order valence-corrected chi connectivity index (χ2v) is 5.51. The highest BCUT2D eigenvalue weighted by molar-refractivity contribution is 5.95. The zero-order valence-corrected chi connectivity index (χ0v) is 14.2. The molecule has 0 bridgehead atoms. The van der Waals surface area contributed by atoms with Gasteiger partial charge in [-0.05, 0) is 48.4 Å². The molecule has 0 aromatic heterocycles. The lowest BCUT2D eigenvalue weighted by atomic mass is 10.0. The van der Waals surface area contributed by atoms with Gasteiger partial charge >= 0.3 is 6.36 Å². The molecule has 0 aliphatic heterocycles. The number of halogens is 3. The fraction of sp³-hybridized carbons (Fsp3) is 0.222. The SMILES string of the molecule is CN=Cc1c(N)ccc(C)c1CNC(=O)c1ccc(OC(F)(F)F)cc1. The van der Waals surface area contributed by atoms with Gasteiger partial charge in [0, 0.05) is 36.6 Å². The van der Waals surface area contributed by atoms with Crippen LogP contribution in [0.1, 0.15) is 27.0 Å². The van der Waals surface area contributed by atoms with Crippen molar-refractivity contribution in [1.29, 1.82) is 0 Å². The summed E-state index contributed by atoms with van der Waals surface area (Å²) in [7, 11) is 1.62. The highest BCUT2D eigenvalue weighted by Gasteiger charge is 2.31. The van der Waals surface area contributed by atoms with Crippen molar-refractivity contribution in [2.75, 3.05) is 12.8 Å². The van der Waals surface area contributed by atoms with Crippen molar-refractivity contribution < 1.29 is 22.7 Å². The first kappa shape index (κ1) is 19.3. The average Bonchev–Trinajstić information content (AvgIpc) is 2.57. The van der Waals surface area contributed by atoms with Crippen molar-refractivity contribution in [3.05, 3.63) is 58.7 Å². The largest absolute Gasteiger partial charge is 0.573 e. The smallest absolute Gasteiger partial charge is 0.406 e. The maximum atomic E-state index is 12.2. The molecule has 0 radical (unpaired) electrons. The Hall–Kier alpha value is -3.03. The van der Waals surface area contributed by atoms with Gasteiger partial charge < -0.3 is 15.8 Å². The predicted octanol–water partition coefficient (Wildman–Crippen LogP) is 3.45. The standard InChI is InChI=1S/C18H18F3N3O2/c1-11-3-8-16(22)15(9-23-2)14(11)10-24-17(25)12-4-6-13(7-5-12)26-18(19,20)21/h3-9H,10,22H2,1-2H3,(H,24,25). The summed E-state index contributed by atoms with van der Waals surface area (Å²) in [6.45, 7) is 2.09. The van der Waals surface area contributed by atoms with Crippen molar-refractivity contribution >= 4 is 17.8 Å². The Morgan fingerprint density at radius 2 is 1.88 bits per heavy atom. The third-order valence-corrected chi connectivity index (χ3v) is 3.66. The van der Waals surface area contributed by atoms with Crippen molar-refractivity contribution in [1.82, 2.24) is 5.32 Å². The number of hydrogen-bond donors (Lipinski definition) is 2. The zero-order valence-electron chi connectivity index (χ0n) is 14.2. The summed E-state index contributed by atoms with van der Waals surface area (Å²) in [4.78, 5) is 16.2. The van der Waals surface area contributed by atoms with Gasteiger partial charge in [-0.1, -0.05) is 6.07 Å². The van der Waals surface area contributed by atoms with E-state index in [1.54, 1.807) is 19.3 Å². The number of nitrogens with one attached hydrogen (secondary N) is 1. The molecule has 8 heteroatoms. The lowest BCUT2D eigenvalue weighted by molar-refractivity contribution is -0.274. The predicted molar refractivity (Wildman–Crippen MR) is 93.4 cm³/mol. The molecule has 0 unspecified atom stereocenters. The summed E-state index contributed by atoms with van der Waals surface area (Å²) < 4.78 is 40.2. The number of carbonyl (C=O) groups excluding carboxylic acids is 1. The molecule has 3 N–H and O–H groups in total. The van der Waals surface area contributed by atoms with Gasteiger partial charge in [-0.15, -0.1) is 13.2 Å². The molecule has 0 atom stereocenters. The second-order valence-electron chi connectivity index (χ2n) is 5.51. The number of amides is 1. The third-order valence-electron chi connectivity index (χ3n) is 3.66. The van der Waals surface area contributed by atoms with E-state index in [-0.39, 0.29) is 17.9 Å². The van der Waals surface area contributed by atoms with Crippen LogP contribution in [0.25, 0.3) is 0 Å². The Morgan fingerprint density at radius 1 is 1.23 bits per heavy atom. The molecule has 0 aliphatic rings. The van der Waals surface area contributed by atoms with E-state index in [9.17, 15) is 18.0 Å². The van der Waals surface area contributed by atoms with Crippen LogP contribution in [0.2, 0.25) is 0 Å². The van der Waals surface area contributed by atoms with Gasteiger partial charge in [-0.3, -0.25) is 9.79 Å². The minimum Gasteiger partial charge on any atom is -0.406 e. The maximum Gasteiger partial charge on any atom is 0.573 e. The first-order chi connectivity index (χ1) is 12.2. The Morgan fingerprint density at radius 3 is 2.46 bits per heavy atom. The average molecular weight is 365 g/mol. The first-order valence-electron chi connectivity index (χ1n) is 7.65. The fourth-order valence-electron chi connectivity index (χ4n) is 2.39. The van der Waals surface area contributed by atoms with Crippen molar-refractivity contribution in [2.45, 2.75) is 19.8 Å². The molecule has 2 aromatic rings. The number of anilines is 1. The Balaban J connectivity index is 2.11. The molecular weight excluding hydrogens is 347 g/mol. The number of ether oxygens (including phenoxy) is 1. The molecule has 0 fully saturated rings. The second kappa shape index (κ2) is 7.90. The summed E-state index contributed by atoms with van der Waals surface area (Å²) in [6.07, 6.45) is -3.15. The molecule has 138 valence electrons. The van der Waals surface area contributed by atoms with Crippen LogP contribution in [0.5, 0.6) is 5.75 Å². The topological polar surface area (TPSA) is 76.7 Å². The third kappa shape index (κ3) is 4.98. The number of carbonyl (C=O) groups is 1. The lowest BCUT2D eigenvalue weighted by Crippen LogP contribution is -2.24. The number of nitrogens with two attached hydrogens (primary N) is 1. The molecule has 5 nitrogen and oxygen atoms in total. The van der Waals surface area contributed by atoms with Crippen LogP contribution in [0.15, 0.2) is 41.4 Å². The number of benzene rings is 2. The maximum absolute atomic E-state index is 12.2. The van der Waals surface area contributed by atoms with Gasteiger partial charge in [0.05, 0.1) is 0 Å². The quantitative estimate of drug-likeness (QED) is 0.629.